The number of pyridine rings is 1. The number of rotatable bonds is 8. The molecule has 0 bridgehead atoms. The number of hydrogen-bond donors (Lipinski definition) is 1. The Balaban J connectivity index is 1.80. The highest BCUT2D eigenvalue weighted by atomic mass is 32.1. The molecule has 1 N–H and O–H groups in total. The highest BCUT2D eigenvalue weighted by Crippen LogP contribution is 2.36. The van der Waals surface area contributed by atoms with Gasteiger partial charge < -0.3 is 19.5 Å². The molecular weight excluding hydrogens is 476 g/mol. The number of benzene rings is 2. The van der Waals surface area contributed by atoms with E-state index in [0.717, 1.165) is 16.0 Å². The molecule has 0 aliphatic rings. The highest BCUT2D eigenvalue weighted by Gasteiger charge is 2.25. The van der Waals surface area contributed by atoms with E-state index in [2.05, 4.69) is 5.32 Å². The number of amides is 1. The smallest absolute Gasteiger partial charge is 0.341 e. The number of anilines is 1. The van der Waals surface area contributed by atoms with Crippen molar-refractivity contribution in [2.24, 2.45) is 0 Å². The van der Waals surface area contributed by atoms with Crippen molar-refractivity contribution < 1.29 is 23.8 Å². The van der Waals surface area contributed by atoms with Gasteiger partial charge >= 0.3 is 5.97 Å². The fourth-order valence-corrected chi connectivity index (χ4v) is 5.32. The molecule has 0 saturated carbocycles. The van der Waals surface area contributed by atoms with Crippen molar-refractivity contribution in [2.45, 2.75) is 27.2 Å². The summed E-state index contributed by atoms with van der Waals surface area (Å²) in [5.74, 6) is 0.409. The van der Waals surface area contributed by atoms with E-state index >= 15 is 0 Å². The Labute approximate surface area is 214 Å². The molecule has 0 aliphatic carbocycles. The minimum absolute atomic E-state index is 0.258. The van der Waals surface area contributed by atoms with Gasteiger partial charge in [-0.2, -0.15) is 0 Å². The largest absolute Gasteiger partial charge is 0.493 e. The Morgan fingerprint density at radius 2 is 1.75 bits per heavy atom. The van der Waals surface area contributed by atoms with Gasteiger partial charge in [0.15, 0.2) is 11.5 Å². The van der Waals surface area contributed by atoms with Crippen molar-refractivity contribution in [3.63, 3.8) is 0 Å². The van der Waals surface area contributed by atoms with E-state index in [4.69, 9.17) is 19.2 Å². The molecular formula is C28H28N2O5S. The van der Waals surface area contributed by atoms with Crippen molar-refractivity contribution in [2.75, 3.05) is 26.1 Å². The van der Waals surface area contributed by atoms with Crippen LogP contribution in [0.4, 0.5) is 5.00 Å². The number of ether oxygens (including phenoxy) is 3. The third kappa shape index (κ3) is 4.77. The molecule has 0 radical (unpaired) electrons. The first-order valence-electron chi connectivity index (χ1n) is 11.6. The number of aromatic nitrogens is 1. The molecule has 0 unspecified atom stereocenters. The molecule has 0 spiro atoms. The molecule has 2 heterocycles. The number of fused-ring (bicyclic) bond motifs is 1. The van der Waals surface area contributed by atoms with Gasteiger partial charge in [0.05, 0.1) is 43.2 Å². The summed E-state index contributed by atoms with van der Waals surface area (Å²) >= 11 is 1.38. The number of esters is 1. The van der Waals surface area contributed by atoms with Crippen molar-refractivity contribution in [3.05, 3.63) is 70.1 Å². The van der Waals surface area contributed by atoms with Gasteiger partial charge in [0, 0.05) is 15.8 Å². The lowest BCUT2D eigenvalue weighted by Crippen LogP contribution is -2.16. The third-order valence-electron chi connectivity index (χ3n) is 5.91. The van der Waals surface area contributed by atoms with E-state index in [9.17, 15) is 9.59 Å². The van der Waals surface area contributed by atoms with Gasteiger partial charge in [-0.3, -0.25) is 4.79 Å². The number of para-hydroxylation sites is 1. The van der Waals surface area contributed by atoms with E-state index in [1.807, 2.05) is 50.2 Å². The zero-order valence-electron chi connectivity index (χ0n) is 20.9. The second kappa shape index (κ2) is 10.8. The zero-order valence-corrected chi connectivity index (χ0v) is 21.7. The van der Waals surface area contributed by atoms with Crippen LogP contribution >= 0.6 is 11.3 Å². The first-order valence-corrected chi connectivity index (χ1v) is 12.5. The summed E-state index contributed by atoms with van der Waals surface area (Å²) in [5.41, 5.74) is 3.83. The fraction of sp³-hybridized carbons (Fsp3) is 0.250. The molecule has 0 atom stereocenters. The normalized spacial score (nSPS) is 10.8. The van der Waals surface area contributed by atoms with Crippen LogP contribution in [-0.2, 0) is 11.2 Å². The van der Waals surface area contributed by atoms with Crippen LogP contribution in [0.5, 0.6) is 11.5 Å². The number of methoxy groups -OCH3 is 2. The van der Waals surface area contributed by atoms with Crippen LogP contribution in [0.3, 0.4) is 0 Å². The predicted octanol–water partition coefficient (Wildman–Crippen LogP) is 6.28. The average molecular weight is 505 g/mol. The maximum atomic E-state index is 13.6. The second-order valence-electron chi connectivity index (χ2n) is 8.01. The number of thiophene rings is 1. The van der Waals surface area contributed by atoms with Crippen molar-refractivity contribution in [3.8, 4) is 22.8 Å². The molecule has 2 aromatic carbocycles. The Bertz CT molecular complexity index is 1440. The maximum Gasteiger partial charge on any atom is 0.341 e. The van der Waals surface area contributed by atoms with Crippen LogP contribution in [0.25, 0.3) is 22.2 Å². The van der Waals surface area contributed by atoms with Gasteiger partial charge in [0.2, 0.25) is 0 Å². The predicted molar refractivity (Wildman–Crippen MR) is 143 cm³/mol. The average Bonchev–Trinajstić information content (AvgIpc) is 3.21. The summed E-state index contributed by atoms with van der Waals surface area (Å²) in [7, 11) is 3.15. The molecule has 0 aliphatic heterocycles. The number of carbonyl (C=O) groups is 2. The van der Waals surface area contributed by atoms with Gasteiger partial charge in [-0.25, -0.2) is 9.78 Å². The molecule has 8 heteroatoms. The minimum atomic E-state index is -0.431. The van der Waals surface area contributed by atoms with Crippen molar-refractivity contribution >= 4 is 39.1 Å². The van der Waals surface area contributed by atoms with Gasteiger partial charge in [0.1, 0.15) is 5.00 Å². The molecule has 0 saturated heterocycles. The number of aryl methyl sites for hydroxylation is 1. The number of nitrogens with one attached hydrogen (secondary N) is 1. The molecule has 4 rings (SSSR count). The van der Waals surface area contributed by atoms with Gasteiger partial charge in [-0.1, -0.05) is 25.1 Å². The van der Waals surface area contributed by atoms with Gasteiger partial charge in [0.25, 0.3) is 5.91 Å². The van der Waals surface area contributed by atoms with Crippen molar-refractivity contribution in [1.82, 2.24) is 4.98 Å². The van der Waals surface area contributed by atoms with Gasteiger partial charge in [-0.15, -0.1) is 11.3 Å². The highest BCUT2D eigenvalue weighted by molar-refractivity contribution is 7.16. The fourth-order valence-electron chi connectivity index (χ4n) is 4.19. The lowest BCUT2D eigenvalue weighted by molar-refractivity contribution is 0.0527. The molecule has 4 aromatic rings. The van der Waals surface area contributed by atoms with E-state index in [1.165, 1.54) is 11.3 Å². The van der Waals surface area contributed by atoms with Crippen LogP contribution in [0.15, 0.2) is 48.5 Å². The van der Waals surface area contributed by atoms with Gasteiger partial charge in [-0.05, 0) is 56.2 Å². The Morgan fingerprint density at radius 3 is 2.44 bits per heavy atom. The molecule has 7 nitrogen and oxygen atoms in total. The van der Waals surface area contributed by atoms with Crippen LogP contribution in [0.2, 0.25) is 0 Å². The van der Waals surface area contributed by atoms with Crippen LogP contribution < -0.4 is 14.8 Å². The SMILES string of the molecule is CCOC(=O)c1c(NC(=O)c2cc(-c3ccc(OC)c(OC)c3)nc3ccccc23)sc(C)c1CC. The summed E-state index contributed by atoms with van der Waals surface area (Å²) in [6, 6.07) is 14.7. The van der Waals surface area contributed by atoms with E-state index in [-0.39, 0.29) is 12.5 Å². The summed E-state index contributed by atoms with van der Waals surface area (Å²) in [4.78, 5) is 32.1. The quantitative estimate of drug-likeness (QED) is 0.284. The monoisotopic (exact) mass is 504 g/mol. The van der Waals surface area contributed by atoms with Crippen LogP contribution in [-0.4, -0.2) is 37.7 Å². The lowest BCUT2D eigenvalue weighted by Gasteiger charge is -2.13. The zero-order chi connectivity index (χ0) is 25.8. The van der Waals surface area contributed by atoms with Crippen molar-refractivity contribution in [1.29, 1.82) is 0 Å². The Hall–Kier alpha value is -3.91. The number of carbonyl (C=O) groups excluding carboxylic acids is 2. The number of nitrogens with zero attached hydrogens (tertiary/aromatic N) is 1. The van der Waals surface area contributed by atoms with Crippen LogP contribution in [0.1, 0.15) is 45.0 Å². The van der Waals surface area contributed by atoms with E-state index in [1.54, 1.807) is 33.3 Å². The lowest BCUT2D eigenvalue weighted by atomic mass is 10.0. The summed E-state index contributed by atoms with van der Waals surface area (Å²) in [6.07, 6.45) is 0.661. The standard InChI is InChI=1S/C28H28N2O5S/c1-6-18-16(3)36-27(25(18)28(32)35-7-2)30-26(31)20-15-22(29-21-11-9-8-10-19(20)21)17-12-13-23(33-4)24(14-17)34-5/h8-15H,6-7H2,1-5H3,(H,30,31). The molecule has 2 aromatic heterocycles. The van der Waals surface area contributed by atoms with Crippen LogP contribution in [0, 0.1) is 6.92 Å². The number of hydrogen-bond acceptors (Lipinski definition) is 7. The summed E-state index contributed by atoms with van der Waals surface area (Å²) in [5, 5.41) is 4.18. The molecule has 0 fully saturated rings. The topological polar surface area (TPSA) is 86.8 Å². The molecule has 1 amide bonds. The second-order valence-corrected chi connectivity index (χ2v) is 9.24. The molecule has 186 valence electrons. The minimum Gasteiger partial charge on any atom is -0.493 e. The molecule has 36 heavy (non-hydrogen) atoms. The van der Waals surface area contributed by atoms with E-state index < -0.39 is 5.97 Å². The summed E-state index contributed by atoms with van der Waals surface area (Å²) in [6.45, 7) is 5.95. The first-order chi connectivity index (χ1) is 17.4. The third-order valence-corrected chi connectivity index (χ3v) is 6.97. The summed E-state index contributed by atoms with van der Waals surface area (Å²) < 4.78 is 16.1. The van der Waals surface area contributed by atoms with E-state index in [0.29, 0.717) is 50.6 Å². The Kier molecular flexibility index (Phi) is 7.55. The first kappa shape index (κ1) is 25.2. The maximum absolute atomic E-state index is 13.6. The Morgan fingerprint density at radius 1 is 1.00 bits per heavy atom.